The number of hydrazine groups is 1. The second kappa shape index (κ2) is 4.96. The number of alkyl halides is 1. The van der Waals surface area contributed by atoms with Crippen molar-refractivity contribution in [1.82, 2.24) is 10.4 Å². The van der Waals surface area contributed by atoms with E-state index < -0.39 is 12.5 Å². The van der Waals surface area contributed by atoms with Gasteiger partial charge in [-0.3, -0.25) is 5.43 Å². The molecule has 1 saturated carbocycles. The Morgan fingerprint density at radius 2 is 1.88 bits per heavy atom. The lowest BCUT2D eigenvalue weighted by atomic mass is 9.82. The third kappa shape index (κ3) is 2.53. The molecule has 1 saturated heterocycles. The molecule has 3 N–H and O–H groups in total. The summed E-state index contributed by atoms with van der Waals surface area (Å²) >= 11 is 0. The first kappa shape index (κ1) is 12.2. The number of hydrogen-bond acceptors (Lipinski definition) is 4. The molecule has 2 aliphatic rings. The summed E-state index contributed by atoms with van der Waals surface area (Å²) in [6.45, 7) is 0. The first-order valence-corrected chi connectivity index (χ1v) is 6.07. The lowest BCUT2D eigenvalue weighted by Gasteiger charge is -2.29. The number of halogens is 1. The Bertz CT molecular complexity index is 232. The van der Waals surface area contributed by atoms with Crippen LogP contribution in [-0.2, 0) is 0 Å². The van der Waals surface area contributed by atoms with Crippen LogP contribution in [0.15, 0.2) is 0 Å². The van der Waals surface area contributed by atoms with Gasteiger partial charge in [-0.25, -0.2) is 9.40 Å². The molecule has 1 heterocycles. The van der Waals surface area contributed by atoms with Crippen LogP contribution in [0.2, 0.25) is 0 Å². The van der Waals surface area contributed by atoms with Crippen molar-refractivity contribution in [2.45, 2.75) is 56.6 Å². The van der Waals surface area contributed by atoms with Crippen LogP contribution < -0.4 is 5.43 Å². The normalized spacial score (nSPS) is 41.8. The molecule has 1 aliphatic heterocycles. The van der Waals surface area contributed by atoms with E-state index in [9.17, 15) is 14.6 Å². The second-order valence-electron chi connectivity index (χ2n) is 5.08. The van der Waals surface area contributed by atoms with Gasteiger partial charge in [0.25, 0.3) is 0 Å². The molecule has 0 amide bonds. The van der Waals surface area contributed by atoms with Crippen molar-refractivity contribution in [2.75, 3.05) is 7.05 Å². The first-order chi connectivity index (χ1) is 7.58. The molecule has 0 spiro atoms. The fourth-order valence-electron chi connectivity index (χ4n) is 2.93. The maximum absolute atomic E-state index is 13.0. The van der Waals surface area contributed by atoms with Gasteiger partial charge in [-0.05, 0) is 38.0 Å². The maximum atomic E-state index is 13.0. The molecule has 2 unspecified atom stereocenters. The van der Waals surface area contributed by atoms with Gasteiger partial charge >= 0.3 is 0 Å². The summed E-state index contributed by atoms with van der Waals surface area (Å²) < 4.78 is 13.0. The molecule has 0 aromatic heterocycles. The summed E-state index contributed by atoms with van der Waals surface area (Å²) in [5.74, 6) is 0.471. The van der Waals surface area contributed by atoms with Gasteiger partial charge in [-0.2, -0.15) is 0 Å². The van der Waals surface area contributed by atoms with E-state index in [0.29, 0.717) is 18.8 Å². The number of nitrogens with one attached hydrogen (secondary N) is 1. The third-order valence-corrected chi connectivity index (χ3v) is 3.98. The molecule has 1 aliphatic carbocycles. The molecule has 4 nitrogen and oxygen atoms in total. The largest absolute Gasteiger partial charge is 0.367 e. The lowest BCUT2D eigenvalue weighted by molar-refractivity contribution is -0.0914. The van der Waals surface area contributed by atoms with Gasteiger partial charge < -0.3 is 10.2 Å². The molecule has 2 rings (SSSR count). The Hall–Kier alpha value is -0.230. The Morgan fingerprint density at radius 3 is 2.38 bits per heavy atom. The van der Waals surface area contributed by atoms with Crippen LogP contribution in [0.4, 0.5) is 4.39 Å². The van der Waals surface area contributed by atoms with Gasteiger partial charge in [0, 0.05) is 13.1 Å². The van der Waals surface area contributed by atoms with E-state index in [1.807, 2.05) is 7.05 Å². The van der Waals surface area contributed by atoms with Crippen LogP contribution in [0.1, 0.15) is 32.1 Å². The Kier molecular flexibility index (Phi) is 3.79. The minimum atomic E-state index is -1.31. The van der Waals surface area contributed by atoms with Crippen LogP contribution in [0.25, 0.3) is 0 Å². The summed E-state index contributed by atoms with van der Waals surface area (Å²) in [5.41, 5.74) is 3.26. The Balaban J connectivity index is 1.88. The summed E-state index contributed by atoms with van der Waals surface area (Å²) in [5, 5.41) is 20.2. The molecule has 2 atom stereocenters. The molecule has 0 aromatic rings. The van der Waals surface area contributed by atoms with Gasteiger partial charge in [0.15, 0.2) is 6.29 Å². The lowest BCUT2D eigenvalue weighted by Crippen LogP contribution is -2.42. The number of aliphatic hydroxyl groups excluding tert-OH is 1. The molecule has 0 bridgehead atoms. The van der Waals surface area contributed by atoms with E-state index in [-0.39, 0.29) is 12.1 Å². The highest BCUT2D eigenvalue weighted by Crippen LogP contribution is 2.33. The SMILES string of the molecule is CN1NC(C2CCC(F)CC2)CC1C(O)O. The average molecular weight is 232 g/mol. The molecule has 94 valence electrons. The summed E-state index contributed by atoms with van der Waals surface area (Å²) in [6.07, 6.45) is 1.91. The first-order valence-electron chi connectivity index (χ1n) is 6.07. The quantitative estimate of drug-likeness (QED) is 0.603. The van der Waals surface area contributed by atoms with E-state index in [0.717, 1.165) is 19.3 Å². The highest BCUT2D eigenvalue weighted by molar-refractivity contribution is 4.90. The zero-order valence-corrected chi connectivity index (χ0v) is 9.64. The zero-order chi connectivity index (χ0) is 11.7. The van der Waals surface area contributed by atoms with E-state index in [1.165, 1.54) is 0 Å². The fraction of sp³-hybridized carbons (Fsp3) is 1.00. The smallest absolute Gasteiger partial charge is 0.168 e. The van der Waals surface area contributed by atoms with Crippen LogP contribution in [0, 0.1) is 5.92 Å². The standard InChI is InChI=1S/C11H21FN2O2/c1-14-10(11(15)16)6-9(13-14)7-2-4-8(12)5-3-7/h7-11,13,15-16H,2-6H2,1H3. The topological polar surface area (TPSA) is 55.7 Å². The van der Waals surface area contributed by atoms with Gasteiger partial charge in [0.1, 0.15) is 6.17 Å². The van der Waals surface area contributed by atoms with E-state index in [4.69, 9.17) is 0 Å². The van der Waals surface area contributed by atoms with Gasteiger partial charge in [0.2, 0.25) is 0 Å². The molecule has 2 fully saturated rings. The van der Waals surface area contributed by atoms with Crippen LogP contribution >= 0.6 is 0 Å². The second-order valence-corrected chi connectivity index (χ2v) is 5.08. The summed E-state index contributed by atoms with van der Waals surface area (Å²) in [4.78, 5) is 0. The van der Waals surface area contributed by atoms with E-state index in [2.05, 4.69) is 5.43 Å². The maximum Gasteiger partial charge on any atom is 0.168 e. The predicted octanol–water partition coefficient (Wildman–Crippen LogP) is 0.403. The van der Waals surface area contributed by atoms with Gasteiger partial charge in [-0.1, -0.05) is 0 Å². The number of nitrogens with zero attached hydrogens (tertiary/aromatic N) is 1. The summed E-state index contributed by atoms with van der Waals surface area (Å²) in [6, 6.07) is 0.0254. The van der Waals surface area contributed by atoms with Gasteiger partial charge in [0.05, 0.1) is 6.04 Å². The van der Waals surface area contributed by atoms with E-state index in [1.54, 1.807) is 5.01 Å². The van der Waals surface area contributed by atoms with Crippen molar-refractivity contribution >= 4 is 0 Å². The van der Waals surface area contributed by atoms with Crippen LogP contribution in [0.3, 0.4) is 0 Å². The van der Waals surface area contributed by atoms with Crippen LogP contribution in [-0.4, -0.2) is 46.8 Å². The molecular formula is C11H21FN2O2. The molecule has 5 heteroatoms. The van der Waals surface area contributed by atoms with E-state index >= 15 is 0 Å². The van der Waals surface area contributed by atoms with Crippen LogP contribution in [0.5, 0.6) is 0 Å². The molecule has 0 aromatic carbocycles. The van der Waals surface area contributed by atoms with Crippen molar-refractivity contribution in [3.63, 3.8) is 0 Å². The zero-order valence-electron chi connectivity index (χ0n) is 9.64. The Morgan fingerprint density at radius 1 is 1.25 bits per heavy atom. The molecule has 16 heavy (non-hydrogen) atoms. The van der Waals surface area contributed by atoms with Crippen molar-refractivity contribution in [1.29, 1.82) is 0 Å². The van der Waals surface area contributed by atoms with Crippen molar-refractivity contribution in [3.05, 3.63) is 0 Å². The monoisotopic (exact) mass is 232 g/mol. The third-order valence-electron chi connectivity index (χ3n) is 3.98. The molecular weight excluding hydrogens is 211 g/mol. The van der Waals surface area contributed by atoms with Crippen molar-refractivity contribution < 1.29 is 14.6 Å². The van der Waals surface area contributed by atoms with Crippen molar-refractivity contribution in [3.8, 4) is 0 Å². The Labute approximate surface area is 95.4 Å². The number of aliphatic hydroxyl groups is 2. The number of hydrogen-bond donors (Lipinski definition) is 3. The van der Waals surface area contributed by atoms with Crippen molar-refractivity contribution in [2.24, 2.45) is 5.92 Å². The molecule has 0 radical (unpaired) electrons. The fourth-order valence-corrected chi connectivity index (χ4v) is 2.93. The minimum Gasteiger partial charge on any atom is -0.367 e. The summed E-state index contributed by atoms with van der Waals surface area (Å²) in [7, 11) is 1.82. The minimum absolute atomic E-state index is 0.243. The highest BCUT2D eigenvalue weighted by atomic mass is 19.1. The number of likely N-dealkylation sites (N-methyl/N-ethyl adjacent to an activating group) is 1. The number of rotatable bonds is 2. The average Bonchev–Trinajstić information content (AvgIpc) is 2.61. The predicted molar refractivity (Wildman–Crippen MR) is 58.2 cm³/mol. The highest BCUT2D eigenvalue weighted by Gasteiger charge is 2.38. The van der Waals surface area contributed by atoms with Gasteiger partial charge in [-0.15, -0.1) is 0 Å².